The van der Waals surface area contributed by atoms with Crippen LogP contribution in [-0.2, 0) is 9.31 Å². The second-order valence-electron chi connectivity index (χ2n) is 22.9. The maximum absolute atomic E-state index is 6.34. The molecule has 0 atom stereocenters. The van der Waals surface area contributed by atoms with Gasteiger partial charge in [-0.15, -0.1) is 0 Å². The van der Waals surface area contributed by atoms with E-state index in [-0.39, 0.29) is 11.2 Å². The molecule has 406 valence electrons. The molecular weight excluding hydrogens is 1050 g/mol. The van der Waals surface area contributed by atoms with Gasteiger partial charge < -0.3 is 27.0 Å². The Morgan fingerprint density at radius 1 is 0.247 bits per heavy atom. The van der Waals surface area contributed by atoms with Gasteiger partial charge in [-0.05, 0) is 127 Å². The lowest BCUT2D eigenvalue weighted by Gasteiger charge is -2.32. The van der Waals surface area contributed by atoms with E-state index in [0.29, 0.717) is 17.5 Å². The normalized spacial score (nSPS) is 14.0. The van der Waals surface area contributed by atoms with Crippen molar-refractivity contribution in [1.29, 1.82) is 0 Å². The van der Waals surface area contributed by atoms with Gasteiger partial charge in [0.2, 0.25) is 0 Å². The molecule has 0 radical (unpaired) electrons. The average Bonchev–Trinajstić information content (AvgIpc) is 4.55. The van der Waals surface area contributed by atoms with Crippen molar-refractivity contribution >= 4 is 100 Å². The van der Waals surface area contributed by atoms with Gasteiger partial charge in [0, 0.05) is 59.8 Å². The number of rotatable bonds is 7. The topological polar surface area (TPSA) is 110 Å². The molecule has 11 aromatic carbocycles. The second-order valence-corrected chi connectivity index (χ2v) is 22.9. The summed E-state index contributed by atoms with van der Waals surface area (Å²) in [5.41, 5.74) is 16.7. The molecule has 16 aromatic rings. The number of benzene rings is 11. The Morgan fingerprint density at radius 3 is 1.07 bits per heavy atom. The van der Waals surface area contributed by atoms with E-state index in [2.05, 4.69) is 185 Å². The van der Waals surface area contributed by atoms with Crippen LogP contribution in [0.25, 0.3) is 155 Å². The van der Waals surface area contributed by atoms with Crippen LogP contribution in [0.2, 0.25) is 0 Å². The summed E-state index contributed by atoms with van der Waals surface area (Å²) in [4.78, 5) is 14.9. The Morgan fingerprint density at radius 2 is 0.565 bits per heavy atom. The molecule has 0 spiro atoms. The van der Waals surface area contributed by atoms with Gasteiger partial charge in [-0.1, -0.05) is 182 Å². The molecule has 0 N–H and O–H groups in total. The van der Waals surface area contributed by atoms with Gasteiger partial charge in [0.1, 0.15) is 44.7 Å². The van der Waals surface area contributed by atoms with Gasteiger partial charge in [-0.25, -0.2) is 15.0 Å². The highest BCUT2D eigenvalue weighted by molar-refractivity contribution is 6.62. The zero-order chi connectivity index (χ0) is 57.0. The number of para-hydroxylation sites is 2. The largest absolute Gasteiger partial charge is 0.494 e. The molecule has 5 aromatic heterocycles. The van der Waals surface area contributed by atoms with Crippen molar-refractivity contribution in [2.75, 3.05) is 0 Å². The van der Waals surface area contributed by atoms with Crippen LogP contribution < -0.4 is 5.46 Å². The van der Waals surface area contributed by atoms with Gasteiger partial charge in [0.05, 0.1) is 11.2 Å². The Labute approximate surface area is 488 Å². The number of hydrogen-bond donors (Lipinski definition) is 0. The number of hydrogen-bond acceptors (Lipinski definition) is 9. The first kappa shape index (κ1) is 50.3. The molecule has 1 fully saturated rings. The van der Waals surface area contributed by atoms with E-state index in [0.717, 1.165) is 138 Å². The van der Waals surface area contributed by atoms with E-state index < -0.39 is 7.12 Å². The van der Waals surface area contributed by atoms with Gasteiger partial charge in [0.25, 0.3) is 0 Å². The molecule has 10 heteroatoms. The standard InChI is InChI=1S/C51H31N3O2.C24H21BO4/c1-3-10-32(11-4-1)33-18-22-36(23-19-33)50-52-49(35-12-5-2-6-13-35)53-51(54-50)37-24-20-34(21-25-37)38-14-9-15-39(28-38)40-26-27-46-42(29-40)44-31-47-43(30-48(44)56-46)41-16-7-8-17-45(41)55-47;1-23(2)24(3,4)29-25(28-23)14-9-10-20-16(11-14)18-13-21-17(12-22(18)27-20)15-7-5-6-8-19(15)26-21/h1-31H;5-13H,1-4H3. The molecule has 17 rings (SSSR count). The van der Waals surface area contributed by atoms with Crippen LogP contribution in [-0.4, -0.2) is 33.3 Å². The average molecular weight is 1100 g/mol. The first-order chi connectivity index (χ1) is 41.5. The lowest BCUT2D eigenvalue weighted by Crippen LogP contribution is -2.41. The highest BCUT2D eigenvalue weighted by Gasteiger charge is 2.51. The van der Waals surface area contributed by atoms with E-state index in [9.17, 15) is 0 Å². The predicted molar refractivity (Wildman–Crippen MR) is 344 cm³/mol. The Kier molecular flexibility index (Phi) is 11.6. The van der Waals surface area contributed by atoms with E-state index in [4.69, 9.17) is 41.9 Å². The Bertz CT molecular complexity index is 5240. The van der Waals surface area contributed by atoms with Crippen molar-refractivity contribution < 1.29 is 27.0 Å². The third-order valence-corrected chi connectivity index (χ3v) is 17.1. The minimum Gasteiger partial charge on any atom is -0.456 e. The van der Waals surface area contributed by atoms with Crippen LogP contribution in [0.1, 0.15) is 27.7 Å². The van der Waals surface area contributed by atoms with Gasteiger partial charge in [-0.2, -0.15) is 0 Å². The van der Waals surface area contributed by atoms with Crippen molar-refractivity contribution in [3.05, 3.63) is 243 Å². The molecule has 0 bridgehead atoms. The molecule has 1 aliphatic rings. The van der Waals surface area contributed by atoms with Crippen LogP contribution in [0.5, 0.6) is 0 Å². The highest BCUT2D eigenvalue weighted by atomic mass is 16.7. The fourth-order valence-corrected chi connectivity index (χ4v) is 11.8. The first-order valence-electron chi connectivity index (χ1n) is 28.6. The van der Waals surface area contributed by atoms with Crippen LogP contribution in [0.4, 0.5) is 0 Å². The van der Waals surface area contributed by atoms with Gasteiger partial charge >= 0.3 is 7.12 Å². The molecule has 0 unspecified atom stereocenters. The van der Waals surface area contributed by atoms with Crippen molar-refractivity contribution in [3.8, 4) is 67.5 Å². The molecule has 85 heavy (non-hydrogen) atoms. The van der Waals surface area contributed by atoms with Crippen LogP contribution >= 0.6 is 0 Å². The van der Waals surface area contributed by atoms with Crippen LogP contribution in [0, 0.1) is 0 Å². The maximum Gasteiger partial charge on any atom is 0.494 e. The Balaban J connectivity index is 0.000000170. The Hall–Kier alpha value is -10.4. The zero-order valence-electron chi connectivity index (χ0n) is 47.0. The molecule has 0 saturated carbocycles. The van der Waals surface area contributed by atoms with E-state index in [1.54, 1.807) is 0 Å². The highest BCUT2D eigenvalue weighted by Crippen LogP contribution is 2.41. The number of fused-ring (bicyclic) bond motifs is 12. The molecule has 0 amide bonds. The monoisotopic (exact) mass is 1100 g/mol. The molecule has 1 saturated heterocycles. The number of nitrogens with zero attached hydrogens (tertiary/aromatic N) is 3. The van der Waals surface area contributed by atoms with E-state index in [1.807, 2.05) is 84.9 Å². The van der Waals surface area contributed by atoms with E-state index in [1.165, 1.54) is 5.56 Å². The second kappa shape index (κ2) is 19.6. The van der Waals surface area contributed by atoms with Crippen molar-refractivity contribution in [1.82, 2.24) is 15.0 Å². The first-order valence-corrected chi connectivity index (χ1v) is 28.6. The fourth-order valence-electron chi connectivity index (χ4n) is 11.8. The minimum atomic E-state index is -0.399. The molecule has 6 heterocycles. The summed E-state index contributed by atoms with van der Waals surface area (Å²) in [7, 11) is -0.399. The van der Waals surface area contributed by atoms with E-state index >= 15 is 0 Å². The summed E-state index contributed by atoms with van der Waals surface area (Å²) >= 11 is 0. The molecule has 1 aliphatic heterocycles. The lowest BCUT2D eigenvalue weighted by molar-refractivity contribution is 0.00578. The minimum absolute atomic E-state index is 0.370. The third-order valence-electron chi connectivity index (χ3n) is 17.1. The summed E-state index contributed by atoms with van der Waals surface area (Å²) in [6.45, 7) is 8.27. The van der Waals surface area contributed by atoms with Crippen molar-refractivity contribution in [2.45, 2.75) is 38.9 Å². The predicted octanol–water partition coefficient (Wildman–Crippen LogP) is 19.5. The SMILES string of the molecule is CC1(C)OB(c2ccc3oc4cc5c(cc4c3c2)oc2ccccc25)OC1(C)C.c1ccc(-c2ccc(-c3nc(-c4ccccc4)nc(-c4ccc(-c5cccc(-c6ccc7oc8cc9c(cc8c7c6)oc6ccccc69)c5)cc4)n3)cc2)cc1. The van der Waals surface area contributed by atoms with Crippen LogP contribution in [0.15, 0.2) is 260 Å². The van der Waals surface area contributed by atoms with Crippen molar-refractivity contribution in [3.63, 3.8) is 0 Å². The third kappa shape index (κ3) is 8.84. The lowest BCUT2D eigenvalue weighted by atomic mass is 9.78. The summed E-state index contributed by atoms with van der Waals surface area (Å²) < 4.78 is 37.2. The molecular formula is C75H52BN3O6. The van der Waals surface area contributed by atoms with Gasteiger partial charge in [0.15, 0.2) is 17.5 Å². The molecule has 0 aliphatic carbocycles. The quantitative estimate of drug-likeness (QED) is 0.144. The summed E-state index contributed by atoms with van der Waals surface area (Å²) in [5.74, 6) is 1.90. The maximum atomic E-state index is 6.34. The fraction of sp³-hybridized carbons (Fsp3) is 0.0800. The smallest absolute Gasteiger partial charge is 0.456 e. The summed E-state index contributed by atoms with van der Waals surface area (Å²) in [5, 5.41) is 8.50. The summed E-state index contributed by atoms with van der Waals surface area (Å²) in [6.07, 6.45) is 0. The zero-order valence-corrected chi connectivity index (χ0v) is 47.0. The van der Waals surface area contributed by atoms with Gasteiger partial charge in [-0.3, -0.25) is 0 Å². The van der Waals surface area contributed by atoms with Crippen LogP contribution in [0.3, 0.4) is 0 Å². The molecule has 9 nitrogen and oxygen atoms in total. The number of aromatic nitrogens is 3. The summed E-state index contributed by atoms with van der Waals surface area (Å²) in [6, 6.07) is 83.1. The number of furan rings is 4. The van der Waals surface area contributed by atoms with Crippen molar-refractivity contribution in [2.24, 2.45) is 0 Å².